The zero-order valence-electron chi connectivity index (χ0n) is 13.3. The molecule has 2 N–H and O–H groups in total. The van der Waals surface area contributed by atoms with Crippen LogP contribution in [0.4, 0.5) is 0 Å². The maximum Gasteiger partial charge on any atom is 0.331 e. The van der Waals surface area contributed by atoms with E-state index >= 15 is 0 Å². The number of nitrogens with zero attached hydrogens (tertiary/aromatic N) is 1. The van der Waals surface area contributed by atoms with Crippen molar-refractivity contribution in [2.24, 2.45) is 0 Å². The van der Waals surface area contributed by atoms with Crippen molar-refractivity contribution in [3.8, 4) is 10.8 Å². The van der Waals surface area contributed by atoms with Gasteiger partial charge in [0.25, 0.3) is 5.91 Å². The number of methoxy groups -OCH3 is 1. The van der Waals surface area contributed by atoms with E-state index in [1.807, 2.05) is 13.0 Å². The van der Waals surface area contributed by atoms with E-state index in [2.05, 4.69) is 10.3 Å². The molecule has 2 heterocycles. The average molecular weight is 338 g/mol. The van der Waals surface area contributed by atoms with Crippen LogP contribution in [0.15, 0.2) is 16.5 Å². The first kappa shape index (κ1) is 17.2. The molecule has 1 atom stereocenters. The van der Waals surface area contributed by atoms with Gasteiger partial charge in [0.2, 0.25) is 0 Å². The SMILES string of the molecule is COCC(C)(NC(=O)c1sc(-c2ccc(C)o2)nc1C)C(=O)O. The summed E-state index contributed by atoms with van der Waals surface area (Å²) in [5.74, 6) is -0.349. The number of amides is 1. The van der Waals surface area contributed by atoms with Gasteiger partial charge in [-0.05, 0) is 32.9 Å². The third-order valence-corrected chi connectivity index (χ3v) is 4.42. The quantitative estimate of drug-likeness (QED) is 0.837. The molecule has 23 heavy (non-hydrogen) atoms. The van der Waals surface area contributed by atoms with Gasteiger partial charge in [-0.1, -0.05) is 0 Å². The fraction of sp³-hybridized carbons (Fsp3) is 0.400. The van der Waals surface area contributed by atoms with Crippen molar-refractivity contribution in [1.82, 2.24) is 10.3 Å². The van der Waals surface area contributed by atoms with Gasteiger partial charge >= 0.3 is 5.97 Å². The second-order valence-corrected chi connectivity index (χ2v) is 6.37. The van der Waals surface area contributed by atoms with Gasteiger partial charge in [0, 0.05) is 7.11 Å². The summed E-state index contributed by atoms with van der Waals surface area (Å²) in [6.45, 7) is 4.76. The number of thiazole rings is 1. The average Bonchev–Trinajstić information content (AvgIpc) is 3.04. The molecule has 0 saturated heterocycles. The molecule has 0 fully saturated rings. The molecule has 0 saturated carbocycles. The van der Waals surface area contributed by atoms with Gasteiger partial charge in [-0.15, -0.1) is 11.3 Å². The predicted molar refractivity (Wildman–Crippen MR) is 84.7 cm³/mol. The minimum Gasteiger partial charge on any atom is -0.479 e. The summed E-state index contributed by atoms with van der Waals surface area (Å²) < 4.78 is 10.4. The molecule has 0 aromatic carbocycles. The predicted octanol–water partition coefficient (Wildman–Crippen LogP) is 2.24. The number of nitrogens with one attached hydrogen (secondary N) is 1. The van der Waals surface area contributed by atoms with Crippen molar-refractivity contribution in [2.45, 2.75) is 26.3 Å². The van der Waals surface area contributed by atoms with E-state index in [-0.39, 0.29) is 6.61 Å². The summed E-state index contributed by atoms with van der Waals surface area (Å²) in [6.07, 6.45) is 0. The van der Waals surface area contributed by atoms with E-state index in [1.165, 1.54) is 14.0 Å². The van der Waals surface area contributed by atoms with E-state index < -0.39 is 17.4 Å². The van der Waals surface area contributed by atoms with Crippen LogP contribution in [0.5, 0.6) is 0 Å². The Balaban J connectivity index is 2.26. The number of carbonyl (C=O) groups excluding carboxylic acids is 1. The molecule has 0 spiro atoms. The molecule has 124 valence electrons. The molecule has 0 aliphatic heterocycles. The van der Waals surface area contributed by atoms with Crippen LogP contribution in [0.3, 0.4) is 0 Å². The molecule has 0 aliphatic rings. The lowest BCUT2D eigenvalue weighted by Gasteiger charge is -2.24. The van der Waals surface area contributed by atoms with Crippen LogP contribution >= 0.6 is 11.3 Å². The van der Waals surface area contributed by atoms with Gasteiger partial charge in [0.15, 0.2) is 16.3 Å². The standard InChI is InChI=1S/C15H18N2O5S/c1-8-5-6-10(22-8)13-16-9(2)11(23-13)12(18)17-15(3,7-21-4)14(19)20/h5-6H,7H2,1-4H3,(H,17,18)(H,19,20). The topological polar surface area (TPSA) is 102 Å². The minimum absolute atomic E-state index is 0.143. The fourth-order valence-corrected chi connectivity index (χ4v) is 2.93. The van der Waals surface area contributed by atoms with Crippen LogP contribution in [0.2, 0.25) is 0 Å². The van der Waals surface area contributed by atoms with Gasteiger partial charge in [0.05, 0.1) is 12.3 Å². The van der Waals surface area contributed by atoms with Crippen LogP contribution in [-0.2, 0) is 9.53 Å². The molecule has 8 heteroatoms. The van der Waals surface area contributed by atoms with Gasteiger partial charge in [-0.25, -0.2) is 9.78 Å². The number of carboxylic acids is 1. The molecule has 2 aromatic heterocycles. The van der Waals surface area contributed by atoms with Crippen molar-refractivity contribution in [3.05, 3.63) is 28.5 Å². The molecule has 2 aromatic rings. The van der Waals surface area contributed by atoms with E-state index in [9.17, 15) is 14.7 Å². The fourth-order valence-electron chi connectivity index (χ4n) is 2.01. The first-order valence-electron chi connectivity index (χ1n) is 6.86. The van der Waals surface area contributed by atoms with Crippen molar-refractivity contribution in [3.63, 3.8) is 0 Å². The number of aryl methyl sites for hydroxylation is 2. The van der Waals surface area contributed by atoms with Gasteiger partial charge in [-0.3, -0.25) is 4.79 Å². The summed E-state index contributed by atoms with van der Waals surface area (Å²) >= 11 is 1.15. The highest BCUT2D eigenvalue weighted by Crippen LogP contribution is 2.29. The Morgan fingerprint density at radius 2 is 2.13 bits per heavy atom. The van der Waals surface area contributed by atoms with Gasteiger partial charge in [-0.2, -0.15) is 0 Å². The second-order valence-electron chi connectivity index (χ2n) is 5.37. The maximum atomic E-state index is 12.4. The summed E-state index contributed by atoms with van der Waals surface area (Å²) in [5.41, 5.74) is -0.995. The molecule has 7 nitrogen and oxygen atoms in total. The number of aliphatic carboxylic acids is 1. The number of hydrogen-bond acceptors (Lipinski definition) is 6. The van der Waals surface area contributed by atoms with Crippen molar-refractivity contribution >= 4 is 23.2 Å². The van der Waals surface area contributed by atoms with Crippen LogP contribution in [0.25, 0.3) is 10.8 Å². The highest BCUT2D eigenvalue weighted by molar-refractivity contribution is 7.17. The highest BCUT2D eigenvalue weighted by Gasteiger charge is 2.36. The summed E-state index contributed by atoms with van der Waals surface area (Å²) in [4.78, 5) is 28.5. The minimum atomic E-state index is -1.51. The number of carboxylic acid groups (broad SMARTS) is 1. The Bertz CT molecular complexity index is 736. The van der Waals surface area contributed by atoms with Crippen molar-refractivity contribution in [2.75, 3.05) is 13.7 Å². The van der Waals surface area contributed by atoms with Crippen LogP contribution in [0.1, 0.15) is 28.0 Å². The van der Waals surface area contributed by atoms with Crippen LogP contribution in [0, 0.1) is 13.8 Å². The van der Waals surface area contributed by atoms with Gasteiger partial charge in [0.1, 0.15) is 10.6 Å². The lowest BCUT2D eigenvalue weighted by Crippen LogP contribution is -2.55. The van der Waals surface area contributed by atoms with E-state index in [4.69, 9.17) is 9.15 Å². The first-order valence-corrected chi connectivity index (χ1v) is 7.67. The molecular weight excluding hydrogens is 320 g/mol. The number of furan rings is 1. The summed E-state index contributed by atoms with van der Waals surface area (Å²) in [5, 5.41) is 12.4. The molecule has 0 radical (unpaired) electrons. The maximum absolute atomic E-state index is 12.4. The highest BCUT2D eigenvalue weighted by atomic mass is 32.1. The normalized spacial score (nSPS) is 13.6. The summed E-state index contributed by atoms with van der Waals surface area (Å²) in [7, 11) is 1.38. The number of carbonyl (C=O) groups is 2. The third kappa shape index (κ3) is 3.59. The lowest BCUT2D eigenvalue weighted by molar-refractivity contribution is -0.145. The molecule has 1 amide bonds. The van der Waals surface area contributed by atoms with Crippen LogP contribution in [-0.4, -0.2) is 41.2 Å². The summed E-state index contributed by atoms with van der Waals surface area (Å²) in [6, 6.07) is 3.59. The number of hydrogen-bond donors (Lipinski definition) is 2. The Kier molecular flexibility index (Phi) is 4.86. The Hall–Kier alpha value is -2.19. The zero-order valence-corrected chi connectivity index (χ0v) is 14.1. The number of ether oxygens (including phenoxy) is 1. The Morgan fingerprint density at radius 3 is 2.65 bits per heavy atom. The molecule has 0 aliphatic carbocycles. The monoisotopic (exact) mass is 338 g/mol. The number of rotatable bonds is 6. The molecule has 0 bridgehead atoms. The van der Waals surface area contributed by atoms with Crippen LogP contribution < -0.4 is 5.32 Å². The second kappa shape index (κ2) is 6.51. The van der Waals surface area contributed by atoms with Crippen molar-refractivity contribution < 1.29 is 23.8 Å². The van der Waals surface area contributed by atoms with E-state index in [0.717, 1.165) is 17.1 Å². The smallest absolute Gasteiger partial charge is 0.331 e. The third-order valence-electron chi connectivity index (χ3n) is 3.25. The van der Waals surface area contributed by atoms with Gasteiger partial charge < -0.3 is 19.6 Å². The van der Waals surface area contributed by atoms with E-state index in [1.54, 1.807) is 13.0 Å². The zero-order chi connectivity index (χ0) is 17.2. The van der Waals surface area contributed by atoms with E-state index in [0.29, 0.717) is 21.3 Å². The molecule has 1 unspecified atom stereocenters. The first-order chi connectivity index (χ1) is 10.8. The molecule has 2 rings (SSSR count). The Morgan fingerprint density at radius 1 is 1.43 bits per heavy atom. The molecular formula is C15H18N2O5S. The Labute approximate surface area is 137 Å². The number of aromatic nitrogens is 1. The van der Waals surface area contributed by atoms with Crippen molar-refractivity contribution in [1.29, 1.82) is 0 Å². The lowest BCUT2D eigenvalue weighted by atomic mass is 10.0. The largest absolute Gasteiger partial charge is 0.479 e.